The molecular formula is C15H21NO2. The zero-order valence-electron chi connectivity index (χ0n) is 10.9. The molecule has 0 aliphatic heterocycles. The fourth-order valence-corrected chi connectivity index (χ4v) is 2.52. The quantitative estimate of drug-likeness (QED) is 0.850. The van der Waals surface area contributed by atoms with E-state index in [4.69, 9.17) is 5.11 Å². The molecule has 3 heteroatoms. The van der Waals surface area contributed by atoms with Crippen LogP contribution in [0.3, 0.4) is 0 Å². The third-order valence-electron chi connectivity index (χ3n) is 3.78. The molecule has 1 unspecified atom stereocenters. The Kier molecular flexibility index (Phi) is 4.37. The van der Waals surface area contributed by atoms with E-state index in [-0.39, 0.29) is 24.5 Å². The summed E-state index contributed by atoms with van der Waals surface area (Å²) in [5.41, 5.74) is 2.66. The first-order chi connectivity index (χ1) is 8.74. The summed E-state index contributed by atoms with van der Waals surface area (Å²) in [6.07, 6.45) is 3.48. The normalized spacial score (nSPS) is 20.0. The molecule has 1 aromatic rings. The van der Waals surface area contributed by atoms with E-state index in [0.29, 0.717) is 0 Å². The molecule has 0 fully saturated rings. The van der Waals surface area contributed by atoms with Crippen LogP contribution in [-0.4, -0.2) is 23.7 Å². The van der Waals surface area contributed by atoms with Crippen molar-refractivity contribution < 1.29 is 9.90 Å². The Morgan fingerprint density at radius 1 is 1.44 bits per heavy atom. The molecular weight excluding hydrogens is 226 g/mol. The Balaban J connectivity index is 1.98. The van der Waals surface area contributed by atoms with Gasteiger partial charge in [0.15, 0.2) is 0 Å². The second kappa shape index (κ2) is 6.01. The van der Waals surface area contributed by atoms with E-state index in [2.05, 4.69) is 23.5 Å². The van der Waals surface area contributed by atoms with E-state index < -0.39 is 0 Å². The number of nitrogens with one attached hydrogen (secondary N) is 1. The number of hydrogen-bond donors (Lipinski definition) is 2. The lowest BCUT2D eigenvalue weighted by Gasteiger charge is -2.25. The summed E-state index contributed by atoms with van der Waals surface area (Å²) in [4.78, 5) is 12.1. The third-order valence-corrected chi connectivity index (χ3v) is 3.78. The summed E-state index contributed by atoms with van der Waals surface area (Å²) in [5.74, 6) is 0.144. The van der Waals surface area contributed by atoms with Crippen molar-refractivity contribution in [2.75, 3.05) is 6.61 Å². The molecule has 0 spiro atoms. The number of hydrogen-bond acceptors (Lipinski definition) is 2. The molecule has 2 rings (SSSR count). The average Bonchev–Trinajstić information content (AvgIpc) is 2.44. The third kappa shape index (κ3) is 2.91. The monoisotopic (exact) mass is 247 g/mol. The molecule has 1 aliphatic rings. The van der Waals surface area contributed by atoms with Gasteiger partial charge in [-0.15, -0.1) is 0 Å². The number of carbonyl (C=O) groups is 1. The number of fused-ring (bicyclic) bond motifs is 1. The van der Waals surface area contributed by atoms with Gasteiger partial charge in [-0.2, -0.15) is 0 Å². The van der Waals surface area contributed by atoms with Crippen LogP contribution in [0.25, 0.3) is 0 Å². The van der Waals surface area contributed by atoms with Gasteiger partial charge in [0.25, 0.3) is 0 Å². The lowest BCUT2D eigenvalue weighted by atomic mass is 9.83. The van der Waals surface area contributed by atoms with Gasteiger partial charge < -0.3 is 10.4 Å². The van der Waals surface area contributed by atoms with Gasteiger partial charge in [0.1, 0.15) is 0 Å². The highest BCUT2D eigenvalue weighted by Crippen LogP contribution is 2.25. The Morgan fingerprint density at radius 3 is 2.83 bits per heavy atom. The smallest absolute Gasteiger partial charge is 0.223 e. The first kappa shape index (κ1) is 13.1. The Bertz CT molecular complexity index is 413. The Morgan fingerprint density at radius 2 is 2.17 bits per heavy atom. The van der Waals surface area contributed by atoms with E-state index >= 15 is 0 Å². The van der Waals surface area contributed by atoms with Crippen molar-refractivity contribution in [3.05, 3.63) is 35.4 Å². The highest BCUT2D eigenvalue weighted by atomic mass is 16.3. The number of carbonyl (C=O) groups excluding carboxylic acids is 1. The maximum Gasteiger partial charge on any atom is 0.223 e. The fraction of sp³-hybridized carbons (Fsp3) is 0.533. The van der Waals surface area contributed by atoms with E-state index in [9.17, 15) is 4.79 Å². The predicted octanol–water partition coefficient (Wildman–Crippen LogP) is 1.68. The van der Waals surface area contributed by atoms with Crippen LogP contribution in [0.15, 0.2) is 24.3 Å². The molecule has 98 valence electrons. The molecule has 1 aromatic carbocycles. The molecule has 0 bridgehead atoms. The Labute approximate surface area is 108 Å². The molecule has 3 nitrogen and oxygen atoms in total. The van der Waals surface area contributed by atoms with Crippen molar-refractivity contribution in [2.24, 2.45) is 5.92 Å². The fourth-order valence-electron chi connectivity index (χ4n) is 2.52. The molecule has 2 atom stereocenters. The van der Waals surface area contributed by atoms with Crippen LogP contribution >= 0.6 is 0 Å². The largest absolute Gasteiger partial charge is 0.394 e. The SMILES string of the molecule is CC[C@H](CO)NC(=O)C1CCc2ccccc2C1. The van der Waals surface area contributed by atoms with Crippen LogP contribution in [0.5, 0.6) is 0 Å². The maximum atomic E-state index is 12.1. The van der Waals surface area contributed by atoms with Gasteiger partial charge in [-0.3, -0.25) is 4.79 Å². The van der Waals surface area contributed by atoms with E-state index in [1.165, 1.54) is 11.1 Å². The second-order valence-corrected chi connectivity index (χ2v) is 5.00. The number of amides is 1. The van der Waals surface area contributed by atoms with Crippen LogP contribution in [0.2, 0.25) is 0 Å². The first-order valence-electron chi connectivity index (χ1n) is 6.72. The number of aliphatic hydroxyl groups is 1. The van der Waals surface area contributed by atoms with Crippen molar-refractivity contribution in [3.63, 3.8) is 0 Å². The minimum Gasteiger partial charge on any atom is -0.394 e. The van der Waals surface area contributed by atoms with Gasteiger partial charge in [-0.1, -0.05) is 31.2 Å². The highest BCUT2D eigenvalue weighted by molar-refractivity contribution is 5.79. The molecule has 2 N–H and O–H groups in total. The van der Waals surface area contributed by atoms with Gasteiger partial charge in [-0.25, -0.2) is 0 Å². The number of aliphatic hydroxyl groups excluding tert-OH is 1. The minimum absolute atomic E-state index is 0.0194. The summed E-state index contributed by atoms with van der Waals surface area (Å²) >= 11 is 0. The van der Waals surface area contributed by atoms with Gasteiger partial charge in [0.2, 0.25) is 5.91 Å². The lowest BCUT2D eigenvalue weighted by Crippen LogP contribution is -2.42. The molecule has 0 aromatic heterocycles. The van der Waals surface area contributed by atoms with Crippen molar-refractivity contribution in [3.8, 4) is 0 Å². The van der Waals surface area contributed by atoms with Crippen LogP contribution in [0.4, 0.5) is 0 Å². The van der Waals surface area contributed by atoms with Crippen LogP contribution < -0.4 is 5.32 Å². The van der Waals surface area contributed by atoms with Crippen molar-refractivity contribution >= 4 is 5.91 Å². The molecule has 0 saturated carbocycles. The van der Waals surface area contributed by atoms with Crippen LogP contribution in [-0.2, 0) is 17.6 Å². The molecule has 1 aliphatic carbocycles. The zero-order chi connectivity index (χ0) is 13.0. The van der Waals surface area contributed by atoms with Crippen LogP contribution in [0.1, 0.15) is 30.9 Å². The Hall–Kier alpha value is -1.35. The van der Waals surface area contributed by atoms with Crippen molar-refractivity contribution in [1.82, 2.24) is 5.32 Å². The number of benzene rings is 1. The van der Waals surface area contributed by atoms with Crippen molar-refractivity contribution in [2.45, 2.75) is 38.6 Å². The van der Waals surface area contributed by atoms with Gasteiger partial charge in [0.05, 0.1) is 12.6 Å². The molecule has 0 heterocycles. The molecule has 0 saturated heterocycles. The summed E-state index contributed by atoms with van der Waals surface area (Å²) in [6, 6.07) is 8.24. The molecule has 0 radical (unpaired) electrons. The van der Waals surface area contributed by atoms with Gasteiger partial charge >= 0.3 is 0 Å². The summed E-state index contributed by atoms with van der Waals surface area (Å²) in [6.45, 7) is 1.99. The first-order valence-corrected chi connectivity index (χ1v) is 6.72. The van der Waals surface area contributed by atoms with E-state index in [0.717, 1.165) is 25.7 Å². The molecule has 18 heavy (non-hydrogen) atoms. The summed E-state index contributed by atoms with van der Waals surface area (Å²) in [7, 11) is 0. The van der Waals surface area contributed by atoms with Crippen molar-refractivity contribution in [1.29, 1.82) is 0 Å². The average molecular weight is 247 g/mol. The van der Waals surface area contributed by atoms with Crippen LogP contribution in [0, 0.1) is 5.92 Å². The van der Waals surface area contributed by atoms with E-state index in [1.54, 1.807) is 0 Å². The highest BCUT2D eigenvalue weighted by Gasteiger charge is 2.25. The van der Waals surface area contributed by atoms with E-state index in [1.807, 2.05) is 13.0 Å². The van der Waals surface area contributed by atoms with Gasteiger partial charge in [-0.05, 0) is 36.8 Å². The lowest BCUT2D eigenvalue weighted by molar-refractivity contribution is -0.126. The second-order valence-electron chi connectivity index (χ2n) is 5.00. The topological polar surface area (TPSA) is 49.3 Å². The maximum absolute atomic E-state index is 12.1. The summed E-state index contributed by atoms with van der Waals surface area (Å²) < 4.78 is 0. The predicted molar refractivity (Wildman–Crippen MR) is 71.3 cm³/mol. The zero-order valence-corrected chi connectivity index (χ0v) is 10.9. The number of aryl methyl sites for hydroxylation is 1. The van der Waals surface area contributed by atoms with Gasteiger partial charge in [0, 0.05) is 5.92 Å². The minimum atomic E-state index is -0.102. The standard InChI is InChI=1S/C15H21NO2/c1-2-14(10-17)16-15(18)13-8-7-11-5-3-4-6-12(11)9-13/h3-6,13-14,17H,2,7-10H2,1H3,(H,16,18)/t13?,14-/m1/s1. The summed E-state index contributed by atoms with van der Waals surface area (Å²) in [5, 5.41) is 12.0. The number of rotatable bonds is 4. The molecule has 1 amide bonds.